The summed E-state index contributed by atoms with van der Waals surface area (Å²) >= 11 is 0. The summed E-state index contributed by atoms with van der Waals surface area (Å²) in [6, 6.07) is 8.81. The highest BCUT2D eigenvalue weighted by Crippen LogP contribution is 2.14. The monoisotopic (exact) mass is 327 g/mol. The number of aromatic nitrogens is 4. The number of carbonyl (C=O) groups excluding carboxylic acids is 1. The van der Waals surface area contributed by atoms with Crippen molar-refractivity contribution in [2.45, 2.75) is 26.5 Å². The first kappa shape index (κ1) is 17.1. The van der Waals surface area contributed by atoms with E-state index in [9.17, 15) is 4.79 Å². The van der Waals surface area contributed by atoms with Crippen LogP contribution in [-0.4, -0.2) is 33.3 Å². The number of benzene rings is 1. The molecule has 124 valence electrons. The summed E-state index contributed by atoms with van der Waals surface area (Å²) in [6.07, 6.45) is 2.31. The molecule has 0 bridgehead atoms. The fraction of sp³-hybridized carbons (Fsp3) is 0.312. The second-order valence-corrected chi connectivity index (χ2v) is 4.84. The topological polar surface area (TPSA) is 103 Å². The van der Waals surface area contributed by atoms with Gasteiger partial charge in [0.15, 0.2) is 12.4 Å². The second kappa shape index (κ2) is 8.43. The molecule has 1 heterocycles. The number of rotatable bonds is 7. The van der Waals surface area contributed by atoms with Crippen molar-refractivity contribution in [3.8, 4) is 11.8 Å². The fourth-order valence-electron chi connectivity index (χ4n) is 1.92. The average Bonchev–Trinajstić information content (AvgIpc) is 3.05. The van der Waals surface area contributed by atoms with Crippen molar-refractivity contribution in [3.63, 3.8) is 0 Å². The van der Waals surface area contributed by atoms with Crippen LogP contribution < -0.4 is 4.74 Å². The largest absolute Gasteiger partial charge is 0.497 e. The van der Waals surface area contributed by atoms with Crippen LogP contribution in [0, 0.1) is 11.3 Å². The highest BCUT2D eigenvalue weighted by molar-refractivity contribution is 5.97. The van der Waals surface area contributed by atoms with Gasteiger partial charge in [0.05, 0.1) is 7.11 Å². The van der Waals surface area contributed by atoms with Gasteiger partial charge in [-0.1, -0.05) is 19.1 Å². The predicted octanol–water partition coefficient (Wildman–Crippen LogP) is 1.74. The second-order valence-electron chi connectivity index (χ2n) is 4.84. The third-order valence-corrected chi connectivity index (χ3v) is 3.14. The van der Waals surface area contributed by atoms with Crippen molar-refractivity contribution in [2.24, 2.45) is 0 Å². The van der Waals surface area contributed by atoms with Gasteiger partial charge in [-0.2, -0.15) is 5.26 Å². The molecular formula is C16H17N5O3. The summed E-state index contributed by atoms with van der Waals surface area (Å²) in [5, 5.41) is 20.3. The van der Waals surface area contributed by atoms with Crippen LogP contribution in [0.15, 0.2) is 29.8 Å². The van der Waals surface area contributed by atoms with E-state index >= 15 is 0 Å². The van der Waals surface area contributed by atoms with Crippen molar-refractivity contribution in [1.82, 2.24) is 20.2 Å². The van der Waals surface area contributed by atoms with Crippen LogP contribution in [0.5, 0.6) is 5.75 Å². The molecule has 24 heavy (non-hydrogen) atoms. The van der Waals surface area contributed by atoms with E-state index in [0.717, 1.165) is 6.42 Å². The van der Waals surface area contributed by atoms with Crippen LogP contribution in [0.3, 0.4) is 0 Å². The normalized spacial score (nSPS) is 11.0. The maximum absolute atomic E-state index is 12.1. The zero-order valence-electron chi connectivity index (χ0n) is 13.5. The SMILES string of the molecule is CCCn1nnnc1COC(=O)/C(C#N)=C/c1ccc(OC)cc1. The lowest BCUT2D eigenvalue weighted by Gasteiger charge is -2.05. The number of nitriles is 1. The molecule has 0 aliphatic heterocycles. The van der Waals surface area contributed by atoms with Gasteiger partial charge in [0.1, 0.15) is 17.4 Å². The Morgan fingerprint density at radius 1 is 1.38 bits per heavy atom. The van der Waals surface area contributed by atoms with Crippen LogP contribution in [0.2, 0.25) is 0 Å². The minimum absolute atomic E-state index is 0.0898. The van der Waals surface area contributed by atoms with Crippen molar-refractivity contribution < 1.29 is 14.3 Å². The summed E-state index contributed by atoms with van der Waals surface area (Å²) < 4.78 is 11.7. The Labute approximate surface area is 139 Å². The summed E-state index contributed by atoms with van der Waals surface area (Å²) in [5.74, 6) is 0.405. The minimum Gasteiger partial charge on any atom is -0.497 e. The predicted molar refractivity (Wildman–Crippen MR) is 84.5 cm³/mol. The quantitative estimate of drug-likeness (QED) is 0.433. The molecule has 2 rings (SSSR count). The molecule has 2 aromatic rings. The molecule has 0 fully saturated rings. The van der Waals surface area contributed by atoms with Gasteiger partial charge < -0.3 is 9.47 Å². The van der Waals surface area contributed by atoms with E-state index in [4.69, 9.17) is 14.7 Å². The van der Waals surface area contributed by atoms with Gasteiger partial charge in [-0.25, -0.2) is 9.48 Å². The molecule has 1 aromatic carbocycles. The zero-order chi connectivity index (χ0) is 17.4. The number of hydrogen-bond donors (Lipinski definition) is 0. The highest BCUT2D eigenvalue weighted by atomic mass is 16.5. The van der Waals surface area contributed by atoms with Gasteiger partial charge in [-0.3, -0.25) is 0 Å². The molecule has 0 radical (unpaired) electrons. The van der Waals surface area contributed by atoms with Crippen molar-refractivity contribution in [2.75, 3.05) is 7.11 Å². The van der Waals surface area contributed by atoms with Crippen molar-refractivity contribution >= 4 is 12.0 Å². The fourth-order valence-corrected chi connectivity index (χ4v) is 1.92. The Balaban J connectivity index is 2.04. The summed E-state index contributed by atoms with van der Waals surface area (Å²) in [6.45, 7) is 2.53. The van der Waals surface area contributed by atoms with Gasteiger partial charge in [-0.05, 0) is 40.6 Å². The lowest BCUT2D eigenvalue weighted by atomic mass is 10.1. The third kappa shape index (κ3) is 4.39. The van der Waals surface area contributed by atoms with Crippen molar-refractivity contribution in [3.05, 3.63) is 41.2 Å². The molecule has 0 saturated carbocycles. The molecule has 1 aromatic heterocycles. The van der Waals surface area contributed by atoms with Crippen LogP contribution >= 0.6 is 0 Å². The molecule has 0 spiro atoms. The molecule has 0 amide bonds. The van der Waals surface area contributed by atoms with Crippen LogP contribution in [0.1, 0.15) is 24.7 Å². The Bertz CT molecular complexity index is 759. The number of carbonyl (C=O) groups is 1. The minimum atomic E-state index is -0.723. The summed E-state index contributed by atoms with van der Waals surface area (Å²) in [7, 11) is 1.56. The lowest BCUT2D eigenvalue weighted by Crippen LogP contribution is -2.11. The number of hydrogen-bond acceptors (Lipinski definition) is 7. The number of esters is 1. The Kier molecular flexibility index (Phi) is 6.02. The maximum atomic E-state index is 12.1. The van der Waals surface area contributed by atoms with Crippen LogP contribution in [-0.2, 0) is 22.7 Å². The Morgan fingerprint density at radius 3 is 2.75 bits per heavy atom. The molecule has 0 aliphatic carbocycles. The van der Waals surface area contributed by atoms with E-state index in [1.807, 2.05) is 13.0 Å². The van der Waals surface area contributed by atoms with Gasteiger partial charge in [0.25, 0.3) is 0 Å². The molecule has 0 saturated heterocycles. The van der Waals surface area contributed by atoms with E-state index in [1.165, 1.54) is 6.08 Å². The first-order chi connectivity index (χ1) is 11.7. The van der Waals surface area contributed by atoms with Crippen LogP contribution in [0.4, 0.5) is 0 Å². The molecular weight excluding hydrogens is 310 g/mol. The summed E-state index contributed by atoms with van der Waals surface area (Å²) in [5.41, 5.74) is 0.592. The zero-order valence-corrected chi connectivity index (χ0v) is 13.5. The standard InChI is InChI=1S/C16H17N5O3/c1-3-8-21-15(18-19-20-21)11-24-16(22)13(10-17)9-12-4-6-14(23-2)7-5-12/h4-7,9H,3,8,11H2,1-2H3/b13-9+. The molecule has 8 heteroatoms. The maximum Gasteiger partial charge on any atom is 0.349 e. The number of aryl methyl sites for hydroxylation is 1. The molecule has 0 N–H and O–H groups in total. The van der Waals surface area contributed by atoms with Gasteiger partial charge in [0.2, 0.25) is 0 Å². The first-order valence-electron chi connectivity index (χ1n) is 7.36. The number of nitrogens with zero attached hydrogens (tertiary/aromatic N) is 5. The Hall–Kier alpha value is -3.21. The number of ether oxygens (including phenoxy) is 2. The lowest BCUT2D eigenvalue weighted by molar-refractivity contribution is -0.140. The highest BCUT2D eigenvalue weighted by Gasteiger charge is 2.14. The van der Waals surface area contributed by atoms with Gasteiger partial charge >= 0.3 is 5.97 Å². The Morgan fingerprint density at radius 2 is 2.12 bits per heavy atom. The summed E-state index contributed by atoms with van der Waals surface area (Å²) in [4.78, 5) is 12.1. The van der Waals surface area contributed by atoms with E-state index in [1.54, 1.807) is 36.1 Å². The molecule has 0 aliphatic rings. The smallest absolute Gasteiger partial charge is 0.349 e. The molecule has 0 atom stereocenters. The van der Waals surface area contributed by atoms with Gasteiger partial charge in [0, 0.05) is 6.54 Å². The van der Waals surface area contributed by atoms with E-state index in [0.29, 0.717) is 23.7 Å². The van der Waals surface area contributed by atoms with E-state index in [-0.39, 0.29) is 12.2 Å². The third-order valence-electron chi connectivity index (χ3n) is 3.14. The van der Waals surface area contributed by atoms with Crippen molar-refractivity contribution in [1.29, 1.82) is 5.26 Å². The molecule has 8 nitrogen and oxygen atoms in total. The number of methoxy groups -OCH3 is 1. The average molecular weight is 327 g/mol. The van der Waals surface area contributed by atoms with E-state index < -0.39 is 5.97 Å². The number of tetrazole rings is 1. The first-order valence-corrected chi connectivity index (χ1v) is 7.36. The van der Waals surface area contributed by atoms with Gasteiger partial charge in [-0.15, -0.1) is 5.10 Å². The van der Waals surface area contributed by atoms with Crippen LogP contribution in [0.25, 0.3) is 6.08 Å². The molecule has 0 unspecified atom stereocenters. The van der Waals surface area contributed by atoms with E-state index in [2.05, 4.69) is 15.5 Å².